The van der Waals surface area contributed by atoms with Crippen LogP contribution in [0.5, 0.6) is 17.2 Å². The molecule has 0 bridgehead atoms. The summed E-state index contributed by atoms with van der Waals surface area (Å²) in [6.45, 7) is 4.63. The summed E-state index contributed by atoms with van der Waals surface area (Å²) in [5.74, 6) is 2.35. The number of nitrogens with zero attached hydrogens (tertiary/aromatic N) is 1. The quantitative estimate of drug-likeness (QED) is 0.667. The highest BCUT2D eigenvalue weighted by Crippen LogP contribution is 2.18. The second-order valence-electron chi connectivity index (χ2n) is 6.23. The summed E-state index contributed by atoms with van der Waals surface area (Å²) in [7, 11) is 3.30. The molecule has 0 saturated carbocycles. The number of benzene rings is 2. The Bertz CT molecular complexity index is 645. The summed E-state index contributed by atoms with van der Waals surface area (Å²) < 4.78 is 16.1. The van der Waals surface area contributed by atoms with Crippen molar-refractivity contribution in [3.8, 4) is 17.2 Å². The molecule has 0 spiro atoms. The van der Waals surface area contributed by atoms with E-state index in [1.807, 2.05) is 42.5 Å². The van der Waals surface area contributed by atoms with Crippen molar-refractivity contribution in [3.63, 3.8) is 0 Å². The van der Waals surface area contributed by atoms with Crippen LogP contribution in [0.15, 0.2) is 48.5 Å². The van der Waals surface area contributed by atoms with Gasteiger partial charge in [-0.05, 0) is 54.9 Å². The Hall–Kier alpha value is -2.24. The van der Waals surface area contributed by atoms with E-state index in [4.69, 9.17) is 14.2 Å². The molecule has 1 unspecified atom stereocenters. The molecule has 0 aromatic heterocycles. The maximum Gasteiger partial charge on any atom is 0.119 e. The third-order valence-electron chi connectivity index (χ3n) is 4.05. The van der Waals surface area contributed by atoms with E-state index < -0.39 is 6.10 Å². The predicted octanol–water partition coefficient (Wildman–Crippen LogP) is 3.36. The van der Waals surface area contributed by atoms with Gasteiger partial charge in [-0.2, -0.15) is 0 Å². The molecular weight excluding hydrogens is 330 g/mol. The average molecular weight is 359 g/mol. The molecule has 0 amide bonds. The third kappa shape index (κ3) is 6.58. The number of hydrogen-bond donors (Lipinski definition) is 1. The number of rotatable bonds is 11. The Balaban J connectivity index is 1.86. The molecule has 0 radical (unpaired) electrons. The van der Waals surface area contributed by atoms with Crippen LogP contribution in [0.1, 0.15) is 18.9 Å². The summed E-state index contributed by atoms with van der Waals surface area (Å²) >= 11 is 0. The highest BCUT2D eigenvalue weighted by atomic mass is 16.5. The molecule has 0 aliphatic heterocycles. The summed E-state index contributed by atoms with van der Waals surface area (Å²) in [6.07, 6.45) is 0.463. The van der Waals surface area contributed by atoms with Crippen molar-refractivity contribution < 1.29 is 19.3 Å². The standard InChI is InChI=1S/C21H29NO4/c1-4-12-22(14-17-6-5-7-21(13-17)25-3)15-18(23)16-26-20-10-8-19(24-2)9-11-20/h5-11,13,18,23H,4,12,14-16H2,1-3H3. The molecule has 0 aliphatic carbocycles. The maximum atomic E-state index is 10.4. The van der Waals surface area contributed by atoms with Crippen LogP contribution in [-0.4, -0.2) is 50.0 Å². The lowest BCUT2D eigenvalue weighted by atomic mass is 10.2. The molecule has 1 atom stereocenters. The zero-order chi connectivity index (χ0) is 18.8. The predicted molar refractivity (Wildman–Crippen MR) is 103 cm³/mol. The van der Waals surface area contributed by atoms with Crippen molar-refractivity contribution >= 4 is 0 Å². The number of methoxy groups -OCH3 is 2. The van der Waals surface area contributed by atoms with Crippen LogP contribution in [0.3, 0.4) is 0 Å². The highest BCUT2D eigenvalue weighted by Gasteiger charge is 2.13. The van der Waals surface area contributed by atoms with Gasteiger partial charge < -0.3 is 19.3 Å². The zero-order valence-electron chi connectivity index (χ0n) is 15.9. The first-order chi connectivity index (χ1) is 12.6. The van der Waals surface area contributed by atoms with E-state index in [0.717, 1.165) is 36.8 Å². The normalized spacial score (nSPS) is 12.0. The van der Waals surface area contributed by atoms with Crippen LogP contribution in [0.4, 0.5) is 0 Å². The van der Waals surface area contributed by atoms with Crippen molar-refractivity contribution in [2.45, 2.75) is 26.0 Å². The van der Waals surface area contributed by atoms with Gasteiger partial charge in [0.15, 0.2) is 0 Å². The Morgan fingerprint density at radius 2 is 1.65 bits per heavy atom. The molecule has 2 aromatic rings. The van der Waals surface area contributed by atoms with E-state index in [2.05, 4.69) is 17.9 Å². The Morgan fingerprint density at radius 1 is 0.962 bits per heavy atom. The van der Waals surface area contributed by atoms with Gasteiger partial charge in [0.25, 0.3) is 0 Å². The molecule has 2 aromatic carbocycles. The van der Waals surface area contributed by atoms with Gasteiger partial charge in [-0.25, -0.2) is 0 Å². The largest absolute Gasteiger partial charge is 0.497 e. The minimum absolute atomic E-state index is 0.255. The summed E-state index contributed by atoms with van der Waals surface area (Å²) in [5.41, 5.74) is 1.17. The van der Waals surface area contributed by atoms with Gasteiger partial charge in [-0.15, -0.1) is 0 Å². The molecule has 0 fully saturated rings. The van der Waals surface area contributed by atoms with E-state index in [9.17, 15) is 5.11 Å². The third-order valence-corrected chi connectivity index (χ3v) is 4.05. The molecule has 0 saturated heterocycles. The summed E-state index contributed by atoms with van der Waals surface area (Å²) in [4.78, 5) is 2.23. The van der Waals surface area contributed by atoms with E-state index in [-0.39, 0.29) is 6.61 Å². The fraction of sp³-hybridized carbons (Fsp3) is 0.429. The number of aliphatic hydroxyl groups is 1. The number of aliphatic hydroxyl groups excluding tert-OH is 1. The van der Waals surface area contributed by atoms with Gasteiger partial charge in [0.05, 0.1) is 14.2 Å². The SMILES string of the molecule is CCCN(Cc1cccc(OC)c1)CC(O)COc1ccc(OC)cc1. The van der Waals surface area contributed by atoms with Crippen LogP contribution >= 0.6 is 0 Å². The van der Waals surface area contributed by atoms with Gasteiger partial charge in [-0.3, -0.25) is 4.90 Å². The maximum absolute atomic E-state index is 10.4. The first-order valence-corrected chi connectivity index (χ1v) is 8.94. The second-order valence-corrected chi connectivity index (χ2v) is 6.23. The molecule has 0 heterocycles. The molecular formula is C21H29NO4. The van der Waals surface area contributed by atoms with E-state index in [0.29, 0.717) is 6.54 Å². The van der Waals surface area contributed by atoms with Crippen molar-refractivity contribution in [2.24, 2.45) is 0 Å². The molecule has 26 heavy (non-hydrogen) atoms. The van der Waals surface area contributed by atoms with E-state index in [1.165, 1.54) is 5.56 Å². The average Bonchev–Trinajstić information content (AvgIpc) is 2.67. The smallest absolute Gasteiger partial charge is 0.119 e. The zero-order valence-corrected chi connectivity index (χ0v) is 15.9. The van der Waals surface area contributed by atoms with E-state index >= 15 is 0 Å². The minimum atomic E-state index is -0.561. The Kier molecular flexibility index (Phi) is 8.25. The van der Waals surface area contributed by atoms with Crippen LogP contribution in [0.25, 0.3) is 0 Å². The van der Waals surface area contributed by atoms with Gasteiger partial charge in [0.2, 0.25) is 0 Å². The van der Waals surface area contributed by atoms with Gasteiger partial charge in [-0.1, -0.05) is 19.1 Å². The van der Waals surface area contributed by atoms with Crippen molar-refractivity contribution in [1.82, 2.24) is 4.90 Å². The Labute approximate surface area is 156 Å². The summed E-state index contributed by atoms with van der Waals surface area (Å²) in [5, 5.41) is 10.4. The molecule has 1 N–H and O–H groups in total. The van der Waals surface area contributed by atoms with E-state index in [1.54, 1.807) is 14.2 Å². The molecule has 2 rings (SSSR count). The van der Waals surface area contributed by atoms with Gasteiger partial charge in [0.1, 0.15) is 30.0 Å². The fourth-order valence-corrected chi connectivity index (χ4v) is 2.80. The van der Waals surface area contributed by atoms with Gasteiger partial charge in [0, 0.05) is 13.1 Å². The lowest BCUT2D eigenvalue weighted by Crippen LogP contribution is -2.35. The topological polar surface area (TPSA) is 51.2 Å². The monoisotopic (exact) mass is 359 g/mol. The van der Waals surface area contributed by atoms with Crippen molar-refractivity contribution in [3.05, 3.63) is 54.1 Å². The summed E-state index contributed by atoms with van der Waals surface area (Å²) in [6, 6.07) is 15.4. The van der Waals surface area contributed by atoms with Crippen molar-refractivity contribution in [2.75, 3.05) is 33.9 Å². The Morgan fingerprint density at radius 3 is 2.31 bits per heavy atom. The van der Waals surface area contributed by atoms with Crippen LogP contribution in [0, 0.1) is 0 Å². The number of hydrogen-bond acceptors (Lipinski definition) is 5. The fourth-order valence-electron chi connectivity index (χ4n) is 2.80. The molecule has 0 aliphatic rings. The van der Waals surface area contributed by atoms with Crippen LogP contribution in [0.2, 0.25) is 0 Å². The molecule has 5 nitrogen and oxygen atoms in total. The lowest BCUT2D eigenvalue weighted by Gasteiger charge is -2.25. The molecule has 5 heteroatoms. The van der Waals surface area contributed by atoms with Crippen LogP contribution < -0.4 is 14.2 Å². The lowest BCUT2D eigenvalue weighted by molar-refractivity contribution is 0.0655. The first kappa shape index (κ1) is 20.1. The highest BCUT2D eigenvalue weighted by molar-refractivity contribution is 5.31. The van der Waals surface area contributed by atoms with Crippen LogP contribution in [-0.2, 0) is 6.54 Å². The molecule has 142 valence electrons. The second kappa shape index (κ2) is 10.7. The minimum Gasteiger partial charge on any atom is -0.497 e. The van der Waals surface area contributed by atoms with Gasteiger partial charge >= 0.3 is 0 Å². The first-order valence-electron chi connectivity index (χ1n) is 8.94. The number of ether oxygens (including phenoxy) is 3. The van der Waals surface area contributed by atoms with Crippen molar-refractivity contribution in [1.29, 1.82) is 0 Å².